The highest BCUT2D eigenvalue weighted by Gasteiger charge is 2.12. The number of rotatable bonds is 5. The number of nitrogens with one attached hydrogen (secondary N) is 1. The van der Waals surface area contributed by atoms with Gasteiger partial charge in [0.15, 0.2) is 11.5 Å². The highest BCUT2D eigenvalue weighted by molar-refractivity contribution is 6.02. The lowest BCUT2D eigenvalue weighted by molar-refractivity contribution is -0.111. The monoisotopic (exact) mass is 341 g/mol. The lowest BCUT2D eigenvalue weighted by atomic mass is 10.1. The van der Waals surface area contributed by atoms with Crippen LogP contribution in [-0.2, 0) is 4.79 Å². The standard InChI is InChI=1S/C19H19NO5/c1-22-15-6-3-13(17(12-15)23-2)4-8-19(21)20-14-5-7-16-18(11-14)25-10-9-24-16/h3-8,11-12H,9-10H2,1-2H3,(H,20,21). The van der Waals surface area contributed by atoms with E-state index in [1.165, 1.54) is 6.08 Å². The van der Waals surface area contributed by atoms with Gasteiger partial charge in [0.1, 0.15) is 24.7 Å². The average molecular weight is 341 g/mol. The van der Waals surface area contributed by atoms with Crippen molar-refractivity contribution in [3.63, 3.8) is 0 Å². The van der Waals surface area contributed by atoms with Crippen molar-refractivity contribution in [2.45, 2.75) is 0 Å². The van der Waals surface area contributed by atoms with Crippen LogP contribution < -0.4 is 24.3 Å². The predicted molar refractivity (Wildman–Crippen MR) is 94.6 cm³/mol. The third-order valence-electron chi connectivity index (χ3n) is 3.66. The minimum absolute atomic E-state index is 0.255. The summed E-state index contributed by atoms with van der Waals surface area (Å²) in [4.78, 5) is 12.1. The number of amides is 1. The van der Waals surface area contributed by atoms with Crippen molar-refractivity contribution in [3.05, 3.63) is 48.0 Å². The van der Waals surface area contributed by atoms with Crippen LogP contribution in [-0.4, -0.2) is 33.3 Å². The van der Waals surface area contributed by atoms with Gasteiger partial charge >= 0.3 is 0 Å². The van der Waals surface area contributed by atoms with Gasteiger partial charge in [-0.05, 0) is 30.3 Å². The van der Waals surface area contributed by atoms with Gasteiger partial charge in [-0.3, -0.25) is 4.79 Å². The Morgan fingerprint density at radius 2 is 1.84 bits per heavy atom. The maximum absolute atomic E-state index is 12.1. The molecule has 2 aromatic rings. The predicted octanol–water partition coefficient (Wildman–Crippen LogP) is 3.13. The number of hydrogen-bond acceptors (Lipinski definition) is 5. The molecule has 0 fully saturated rings. The quantitative estimate of drug-likeness (QED) is 0.847. The van der Waals surface area contributed by atoms with Crippen LogP contribution in [0, 0.1) is 0 Å². The molecule has 0 unspecified atom stereocenters. The van der Waals surface area contributed by atoms with Crippen molar-refractivity contribution in [3.8, 4) is 23.0 Å². The topological polar surface area (TPSA) is 66.0 Å². The molecule has 0 spiro atoms. The molecule has 1 heterocycles. The fraction of sp³-hybridized carbons (Fsp3) is 0.211. The number of carbonyl (C=O) groups excluding carboxylic acids is 1. The Labute approximate surface area is 146 Å². The average Bonchev–Trinajstić information content (AvgIpc) is 2.66. The summed E-state index contributed by atoms with van der Waals surface area (Å²) in [5, 5.41) is 2.80. The fourth-order valence-electron chi connectivity index (χ4n) is 2.43. The maximum atomic E-state index is 12.1. The minimum atomic E-state index is -0.255. The van der Waals surface area contributed by atoms with Crippen LogP contribution in [0.5, 0.6) is 23.0 Å². The molecule has 6 heteroatoms. The molecule has 6 nitrogen and oxygen atoms in total. The zero-order valence-corrected chi connectivity index (χ0v) is 14.1. The highest BCUT2D eigenvalue weighted by Crippen LogP contribution is 2.32. The number of fused-ring (bicyclic) bond motifs is 1. The molecule has 3 rings (SSSR count). The third kappa shape index (κ3) is 4.03. The number of methoxy groups -OCH3 is 2. The first-order valence-electron chi connectivity index (χ1n) is 7.80. The van der Waals surface area contributed by atoms with Gasteiger partial charge < -0.3 is 24.3 Å². The van der Waals surface area contributed by atoms with Crippen LogP contribution in [0.1, 0.15) is 5.56 Å². The van der Waals surface area contributed by atoms with Crippen molar-refractivity contribution < 1.29 is 23.7 Å². The van der Waals surface area contributed by atoms with E-state index >= 15 is 0 Å². The first-order chi connectivity index (χ1) is 12.2. The molecule has 0 atom stereocenters. The van der Waals surface area contributed by atoms with E-state index < -0.39 is 0 Å². The summed E-state index contributed by atoms with van der Waals surface area (Å²) in [6.07, 6.45) is 3.13. The summed E-state index contributed by atoms with van der Waals surface area (Å²) in [5.41, 5.74) is 1.42. The summed E-state index contributed by atoms with van der Waals surface area (Å²) in [5.74, 6) is 2.37. The Morgan fingerprint density at radius 1 is 1.04 bits per heavy atom. The van der Waals surface area contributed by atoms with Gasteiger partial charge in [0.25, 0.3) is 0 Å². The Morgan fingerprint density at radius 3 is 2.60 bits per heavy atom. The molecule has 1 aliphatic heterocycles. The molecule has 25 heavy (non-hydrogen) atoms. The van der Waals surface area contributed by atoms with Crippen LogP contribution in [0.3, 0.4) is 0 Å². The van der Waals surface area contributed by atoms with Gasteiger partial charge in [0, 0.05) is 29.5 Å². The van der Waals surface area contributed by atoms with Crippen molar-refractivity contribution in [2.24, 2.45) is 0 Å². The summed E-state index contributed by atoms with van der Waals surface area (Å²) in [6, 6.07) is 10.7. The lowest BCUT2D eigenvalue weighted by Gasteiger charge is -2.18. The molecule has 0 radical (unpaired) electrons. The van der Waals surface area contributed by atoms with Gasteiger partial charge in [-0.25, -0.2) is 0 Å². The van der Waals surface area contributed by atoms with Crippen molar-refractivity contribution >= 4 is 17.7 Å². The van der Waals surface area contributed by atoms with E-state index in [9.17, 15) is 4.79 Å². The molecule has 0 saturated heterocycles. The van der Waals surface area contributed by atoms with Crippen LogP contribution >= 0.6 is 0 Å². The first kappa shape index (κ1) is 16.7. The van der Waals surface area contributed by atoms with E-state index in [4.69, 9.17) is 18.9 Å². The van der Waals surface area contributed by atoms with Crippen LogP contribution in [0.2, 0.25) is 0 Å². The summed E-state index contributed by atoms with van der Waals surface area (Å²) in [7, 11) is 3.16. The molecular formula is C19H19NO5. The molecule has 1 aliphatic rings. The molecule has 0 bridgehead atoms. The maximum Gasteiger partial charge on any atom is 0.248 e. The molecule has 0 saturated carbocycles. The van der Waals surface area contributed by atoms with Gasteiger partial charge in [-0.1, -0.05) is 0 Å². The second-order valence-corrected chi connectivity index (χ2v) is 5.29. The molecule has 130 valence electrons. The number of carbonyl (C=O) groups is 1. The molecular weight excluding hydrogens is 322 g/mol. The Kier molecular flexibility index (Phi) is 5.09. The fourth-order valence-corrected chi connectivity index (χ4v) is 2.43. The minimum Gasteiger partial charge on any atom is -0.497 e. The Bertz CT molecular complexity index is 800. The summed E-state index contributed by atoms with van der Waals surface area (Å²) < 4.78 is 21.4. The summed E-state index contributed by atoms with van der Waals surface area (Å²) >= 11 is 0. The van der Waals surface area contributed by atoms with Gasteiger partial charge in [0.2, 0.25) is 5.91 Å². The second kappa shape index (κ2) is 7.61. The van der Waals surface area contributed by atoms with E-state index in [-0.39, 0.29) is 5.91 Å². The number of benzene rings is 2. The normalized spacial score (nSPS) is 12.7. The van der Waals surface area contributed by atoms with Gasteiger partial charge in [0.05, 0.1) is 14.2 Å². The van der Waals surface area contributed by atoms with E-state index in [1.807, 2.05) is 6.07 Å². The lowest BCUT2D eigenvalue weighted by Crippen LogP contribution is -2.16. The molecule has 0 aliphatic carbocycles. The number of ether oxygens (including phenoxy) is 4. The van der Waals surface area contributed by atoms with Crippen LogP contribution in [0.4, 0.5) is 5.69 Å². The van der Waals surface area contributed by atoms with Crippen LogP contribution in [0.25, 0.3) is 6.08 Å². The second-order valence-electron chi connectivity index (χ2n) is 5.29. The zero-order chi connectivity index (χ0) is 17.6. The molecule has 2 aromatic carbocycles. The smallest absolute Gasteiger partial charge is 0.248 e. The van der Waals surface area contributed by atoms with Gasteiger partial charge in [-0.15, -0.1) is 0 Å². The van der Waals surface area contributed by atoms with Crippen molar-refractivity contribution in [1.29, 1.82) is 0 Å². The SMILES string of the molecule is COc1ccc(C=CC(=O)Nc2ccc3c(c2)OCCO3)c(OC)c1. The van der Waals surface area contributed by atoms with Crippen molar-refractivity contribution in [1.82, 2.24) is 0 Å². The van der Waals surface area contributed by atoms with Crippen LogP contribution in [0.15, 0.2) is 42.5 Å². The Hall–Kier alpha value is -3.15. The largest absolute Gasteiger partial charge is 0.497 e. The molecule has 0 aromatic heterocycles. The zero-order valence-electron chi connectivity index (χ0n) is 14.1. The van der Waals surface area contributed by atoms with E-state index in [0.717, 1.165) is 5.56 Å². The molecule has 1 N–H and O–H groups in total. The number of hydrogen-bond donors (Lipinski definition) is 1. The highest BCUT2D eigenvalue weighted by atomic mass is 16.6. The van der Waals surface area contributed by atoms with E-state index in [0.29, 0.717) is 41.9 Å². The first-order valence-corrected chi connectivity index (χ1v) is 7.80. The molecule has 1 amide bonds. The van der Waals surface area contributed by atoms with E-state index in [1.54, 1.807) is 50.6 Å². The van der Waals surface area contributed by atoms with Gasteiger partial charge in [-0.2, -0.15) is 0 Å². The number of anilines is 1. The van der Waals surface area contributed by atoms with E-state index in [2.05, 4.69) is 5.32 Å². The Balaban J connectivity index is 1.69. The van der Waals surface area contributed by atoms with Crippen molar-refractivity contribution in [2.75, 3.05) is 32.8 Å². The summed E-state index contributed by atoms with van der Waals surface area (Å²) in [6.45, 7) is 1.03. The third-order valence-corrected chi connectivity index (χ3v) is 3.66.